The SMILES string of the molecule is COc1cc(CNS(=O)(=O)c2ccc(C(=O)O)cc2)nc(-c2ccccn2)c1. The number of nitrogens with one attached hydrogen (secondary N) is 1. The first-order chi connectivity index (χ1) is 13.4. The van der Waals surface area contributed by atoms with Gasteiger partial charge in [-0.15, -0.1) is 0 Å². The second-order valence-corrected chi connectivity index (χ2v) is 7.52. The van der Waals surface area contributed by atoms with Crippen LogP contribution in [0.5, 0.6) is 5.75 Å². The van der Waals surface area contributed by atoms with Gasteiger partial charge in [0.1, 0.15) is 5.75 Å². The number of rotatable bonds is 7. The number of ether oxygens (including phenoxy) is 1. The predicted molar refractivity (Wildman–Crippen MR) is 101 cm³/mol. The Balaban J connectivity index is 1.82. The topological polar surface area (TPSA) is 118 Å². The monoisotopic (exact) mass is 399 g/mol. The van der Waals surface area contributed by atoms with Crippen molar-refractivity contribution < 1.29 is 23.1 Å². The largest absolute Gasteiger partial charge is 0.497 e. The van der Waals surface area contributed by atoms with E-state index in [-0.39, 0.29) is 17.0 Å². The van der Waals surface area contributed by atoms with Crippen molar-refractivity contribution in [2.24, 2.45) is 0 Å². The van der Waals surface area contributed by atoms with Gasteiger partial charge in [-0.2, -0.15) is 0 Å². The van der Waals surface area contributed by atoms with Gasteiger partial charge in [0.05, 0.1) is 41.2 Å². The molecule has 0 spiro atoms. The van der Waals surface area contributed by atoms with E-state index in [0.29, 0.717) is 22.8 Å². The summed E-state index contributed by atoms with van der Waals surface area (Å²) in [4.78, 5) is 19.5. The van der Waals surface area contributed by atoms with Crippen molar-refractivity contribution in [1.82, 2.24) is 14.7 Å². The number of hydrogen-bond donors (Lipinski definition) is 2. The van der Waals surface area contributed by atoms with Crippen LogP contribution in [0.25, 0.3) is 11.4 Å². The fourth-order valence-corrected chi connectivity index (χ4v) is 3.44. The lowest BCUT2D eigenvalue weighted by Crippen LogP contribution is -2.24. The number of carboxylic acid groups (broad SMARTS) is 1. The molecule has 0 saturated carbocycles. The average molecular weight is 399 g/mol. The van der Waals surface area contributed by atoms with Crippen LogP contribution >= 0.6 is 0 Å². The first-order valence-corrected chi connectivity index (χ1v) is 9.67. The molecule has 9 heteroatoms. The van der Waals surface area contributed by atoms with Crippen molar-refractivity contribution in [2.45, 2.75) is 11.4 Å². The molecule has 2 aromatic heterocycles. The highest BCUT2D eigenvalue weighted by Crippen LogP contribution is 2.22. The van der Waals surface area contributed by atoms with Crippen LogP contribution in [0.1, 0.15) is 16.1 Å². The van der Waals surface area contributed by atoms with Gasteiger partial charge in [0.2, 0.25) is 10.0 Å². The van der Waals surface area contributed by atoms with E-state index < -0.39 is 16.0 Å². The number of aromatic carboxylic acids is 1. The van der Waals surface area contributed by atoms with Gasteiger partial charge in [0.25, 0.3) is 0 Å². The fourth-order valence-electron chi connectivity index (χ4n) is 2.44. The van der Waals surface area contributed by atoms with Crippen LogP contribution in [-0.4, -0.2) is 36.6 Å². The van der Waals surface area contributed by atoms with E-state index >= 15 is 0 Å². The van der Waals surface area contributed by atoms with Crippen molar-refractivity contribution in [2.75, 3.05) is 7.11 Å². The summed E-state index contributed by atoms with van der Waals surface area (Å²) in [5.41, 5.74) is 1.65. The van der Waals surface area contributed by atoms with Gasteiger partial charge in [-0.05, 0) is 36.4 Å². The molecule has 0 atom stereocenters. The first kappa shape index (κ1) is 19.5. The predicted octanol–water partition coefficient (Wildman–Crippen LogP) is 2.33. The molecule has 0 aliphatic rings. The van der Waals surface area contributed by atoms with E-state index in [4.69, 9.17) is 9.84 Å². The first-order valence-electron chi connectivity index (χ1n) is 8.18. The third kappa shape index (κ3) is 4.51. The number of carboxylic acids is 1. The van der Waals surface area contributed by atoms with Crippen LogP contribution in [0.3, 0.4) is 0 Å². The molecule has 0 aliphatic heterocycles. The van der Waals surface area contributed by atoms with Gasteiger partial charge in [-0.1, -0.05) is 6.07 Å². The maximum Gasteiger partial charge on any atom is 0.335 e. The minimum Gasteiger partial charge on any atom is -0.497 e. The zero-order valence-electron chi connectivity index (χ0n) is 14.9. The van der Waals surface area contributed by atoms with Gasteiger partial charge >= 0.3 is 5.97 Å². The molecule has 28 heavy (non-hydrogen) atoms. The smallest absolute Gasteiger partial charge is 0.335 e. The van der Waals surface area contributed by atoms with Crippen molar-refractivity contribution in [1.29, 1.82) is 0 Å². The summed E-state index contributed by atoms with van der Waals surface area (Å²) in [6.45, 7) is -0.0694. The fraction of sp³-hybridized carbons (Fsp3) is 0.105. The molecule has 0 radical (unpaired) electrons. The number of methoxy groups -OCH3 is 1. The van der Waals surface area contributed by atoms with E-state index in [2.05, 4.69) is 14.7 Å². The van der Waals surface area contributed by atoms with E-state index in [9.17, 15) is 13.2 Å². The molecule has 0 fully saturated rings. The Morgan fingerprint density at radius 2 is 1.86 bits per heavy atom. The molecule has 0 unspecified atom stereocenters. The van der Waals surface area contributed by atoms with E-state index in [0.717, 1.165) is 0 Å². The Morgan fingerprint density at radius 3 is 2.46 bits per heavy atom. The molecular weight excluding hydrogens is 382 g/mol. The standard InChI is InChI=1S/C19H17N3O5S/c1-27-15-10-14(22-18(11-15)17-4-2-3-9-20-17)12-21-28(25,26)16-7-5-13(6-8-16)19(23)24/h2-11,21H,12H2,1H3,(H,23,24). The van der Waals surface area contributed by atoms with Crippen LogP contribution in [-0.2, 0) is 16.6 Å². The summed E-state index contributed by atoms with van der Waals surface area (Å²) in [7, 11) is -2.33. The minimum absolute atomic E-state index is 0.00779. The zero-order chi connectivity index (χ0) is 20.1. The number of sulfonamides is 1. The molecule has 0 bridgehead atoms. The number of benzene rings is 1. The summed E-state index contributed by atoms with van der Waals surface area (Å²) >= 11 is 0. The van der Waals surface area contributed by atoms with Crippen LogP contribution in [0, 0.1) is 0 Å². The molecular formula is C19H17N3O5S. The van der Waals surface area contributed by atoms with Crippen LogP contribution in [0.2, 0.25) is 0 Å². The van der Waals surface area contributed by atoms with Gasteiger partial charge in [0.15, 0.2) is 0 Å². The number of hydrogen-bond acceptors (Lipinski definition) is 6. The lowest BCUT2D eigenvalue weighted by Gasteiger charge is -2.10. The lowest BCUT2D eigenvalue weighted by molar-refractivity contribution is 0.0696. The molecule has 1 aromatic carbocycles. The molecule has 3 aromatic rings. The van der Waals surface area contributed by atoms with E-state index in [1.165, 1.54) is 31.4 Å². The second kappa shape index (κ2) is 8.15. The van der Waals surface area contributed by atoms with Crippen LogP contribution < -0.4 is 9.46 Å². The number of pyridine rings is 2. The number of carbonyl (C=O) groups is 1. The molecule has 0 saturated heterocycles. The Labute approximate surface area is 161 Å². The minimum atomic E-state index is -3.84. The third-order valence-electron chi connectivity index (χ3n) is 3.87. The summed E-state index contributed by atoms with van der Waals surface area (Å²) in [5, 5.41) is 8.91. The average Bonchev–Trinajstić information content (AvgIpc) is 2.73. The third-order valence-corrected chi connectivity index (χ3v) is 5.29. The van der Waals surface area contributed by atoms with Crippen molar-refractivity contribution in [3.05, 3.63) is 72.1 Å². The Kier molecular flexibility index (Phi) is 5.67. The molecule has 0 amide bonds. The molecule has 2 heterocycles. The van der Waals surface area contributed by atoms with Gasteiger partial charge < -0.3 is 9.84 Å². The Bertz CT molecular complexity index is 1080. The Hall–Kier alpha value is -3.30. The van der Waals surface area contributed by atoms with Crippen molar-refractivity contribution >= 4 is 16.0 Å². The van der Waals surface area contributed by atoms with E-state index in [1.54, 1.807) is 30.5 Å². The molecule has 8 nitrogen and oxygen atoms in total. The highest BCUT2D eigenvalue weighted by atomic mass is 32.2. The molecule has 0 aliphatic carbocycles. The highest BCUT2D eigenvalue weighted by molar-refractivity contribution is 7.89. The Morgan fingerprint density at radius 1 is 1.11 bits per heavy atom. The quantitative estimate of drug-likeness (QED) is 0.626. The van der Waals surface area contributed by atoms with Crippen molar-refractivity contribution in [3.63, 3.8) is 0 Å². The normalized spacial score (nSPS) is 11.2. The maximum absolute atomic E-state index is 12.5. The van der Waals surface area contributed by atoms with Crippen molar-refractivity contribution in [3.8, 4) is 17.1 Å². The lowest BCUT2D eigenvalue weighted by atomic mass is 10.2. The van der Waals surface area contributed by atoms with Gasteiger partial charge in [-0.3, -0.25) is 4.98 Å². The second-order valence-electron chi connectivity index (χ2n) is 5.75. The maximum atomic E-state index is 12.5. The van der Waals surface area contributed by atoms with Gasteiger partial charge in [-0.25, -0.2) is 22.9 Å². The summed E-state index contributed by atoms with van der Waals surface area (Å²) in [5.74, 6) is -0.602. The summed E-state index contributed by atoms with van der Waals surface area (Å²) in [6, 6.07) is 13.7. The number of nitrogens with zero attached hydrogens (tertiary/aromatic N) is 2. The zero-order valence-corrected chi connectivity index (χ0v) is 15.7. The van der Waals surface area contributed by atoms with Crippen LogP contribution in [0.4, 0.5) is 0 Å². The highest BCUT2D eigenvalue weighted by Gasteiger charge is 2.16. The van der Waals surface area contributed by atoms with E-state index in [1.807, 2.05) is 6.07 Å². The van der Waals surface area contributed by atoms with Crippen LogP contribution in [0.15, 0.2) is 65.7 Å². The molecule has 2 N–H and O–H groups in total. The molecule has 3 rings (SSSR count). The van der Waals surface area contributed by atoms with Gasteiger partial charge in [0, 0.05) is 18.3 Å². The number of aromatic nitrogens is 2. The summed E-state index contributed by atoms with van der Waals surface area (Å²) in [6.07, 6.45) is 1.64. The molecule has 144 valence electrons. The summed E-state index contributed by atoms with van der Waals surface area (Å²) < 4.78 is 32.7.